The molecule has 1 aliphatic carbocycles. The molecule has 0 heterocycles. The number of ether oxygens (including phenoxy) is 1. The molecule has 0 radical (unpaired) electrons. The van der Waals surface area contributed by atoms with Crippen LogP contribution in [0.25, 0.3) is 0 Å². The average molecular weight is 222 g/mol. The highest BCUT2D eigenvalue weighted by atomic mass is 16.5. The molecule has 0 unspecified atom stereocenters. The molecule has 4 heteroatoms. The fraction of sp³-hybridized carbons (Fsp3) is 0.417. The molecule has 0 saturated carbocycles. The fourth-order valence-corrected chi connectivity index (χ4v) is 1.03. The quantitative estimate of drug-likeness (QED) is 0.520. The van der Waals surface area contributed by atoms with Gasteiger partial charge in [0.1, 0.15) is 6.61 Å². The Morgan fingerprint density at radius 2 is 1.88 bits per heavy atom. The summed E-state index contributed by atoms with van der Waals surface area (Å²) in [7, 11) is 0. The Labute approximate surface area is 94.0 Å². The number of esters is 1. The van der Waals surface area contributed by atoms with E-state index < -0.39 is 11.4 Å². The number of ketones is 2. The van der Waals surface area contributed by atoms with Gasteiger partial charge in [-0.3, -0.25) is 14.4 Å². The molecule has 0 bridgehead atoms. The Bertz CT molecular complexity index is 394. The molecule has 4 nitrogen and oxygen atoms in total. The van der Waals surface area contributed by atoms with E-state index in [2.05, 4.69) is 0 Å². The SMILES string of the molecule is CC(C)(C)C(=O)OCC1=CC(=O)C=CC1=O. The van der Waals surface area contributed by atoms with Crippen LogP contribution in [0.5, 0.6) is 0 Å². The Hall–Kier alpha value is -1.71. The maximum Gasteiger partial charge on any atom is 0.311 e. The summed E-state index contributed by atoms with van der Waals surface area (Å²) in [5.74, 6) is -0.953. The lowest BCUT2D eigenvalue weighted by atomic mass is 9.97. The van der Waals surface area contributed by atoms with Gasteiger partial charge in [0.25, 0.3) is 0 Å². The zero-order chi connectivity index (χ0) is 12.3. The van der Waals surface area contributed by atoms with Crippen LogP contribution in [0.15, 0.2) is 23.8 Å². The van der Waals surface area contributed by atoms with Crippen LogP contribution in [0.3, 0.4) is 0 Å². The lowest BCUT2D eigenvalue weighted by Crippen LogP contribution is -2.25. The molecular formula is C12H14O4. The molecule has 0 amide bonds. The summed E-state index contributed by atoms with van der Waals surface area (Å²) in [6.07, 6.45) is 3.57. The summed E-state index contributed by atoms with van der Waals surface area (Å²) in [6, 6.07) is 0. The van der Waals surface area contributed by atoms with Crippen molar-refractivity contribution in [3.05, 3.63) is 23.8 Å². The normalized spacial score (nSPS) is 16.1. The van der Waals surface area contributed by atoms with E-state index >= 15 is 0 Å². The van der Waals surface area contributed by atoms with Crippen molar-refractivity contribution in [1.82, 2.24) is 0 Å². The van der Waals surface area contributed by atoms with E-state index in [0.29, 0.717) is 0 Å². The number of hydrogen-bond donors (Lipinski definition) is 0. The second kappa shape index (κ2) is 4.43. The first-order chi connectivity index (χ1) is 7.30. The Kier molecular flexibility index (Phi) is 3.42. The van der Waals surface area contributed by atoms with Gasteiger partial charge in [-0.1, -0.05) is 0 Å². The molecule has 0 aromatic carbocycles. The van der Waals surface area contributed by atoms with Gasteiger partial charge >= 0.3 is 5.97 Å². The summed E-state index contributed by atoms with van der Waals surface area (Å²) >= 11 is 0. The van der Waals surface area contributed by atoms with Crippen LogP contribution in [0.1, 0.15) is 20.8 Å². The Balaban J connectivity index is 2.60. The highest BCUT2D eigenvalue weighted by molar-refractivity contribution is 6.17. The van der Waals surface area contributed by atoms with Crippen LogP contribution < -0.4 is 0 Å². The van der Waals surface area contributed by atoms with E-state index in [9.17, 15) is 14.4 Å². The molecule has 16 heavy (non-hydrogen) atoms. The van der Waals surface area contributed by atoms with Crippen molar-refractivity contribution in [2.75, 3.05) is 6.61 Å². The van der Waals surface area contributed by atoms with Gasteiger partial charge in [0.05, 0.1) is 5.41 Å². The van der Waals surface area contributed by atoms with Crippen LogP contribution in [0.2, 0.25) is 0 Å². The van der Waals surface area contributed by atoms with E-state index in [0.717, 1.165) is 0 Å². The summed E-state index contributed by atoms with van der Waals surface area (Å²) < 4.78 is 4.95. The molecule has 1 aliphatic rings. The van der Waals surface area contributed by atoms with Gasteiger partial charge in [0.2, 0.25) is 0 Å². The summed E-state index contributed by atoms with van der Waals surface area (Å²) in [4.78, 5) is 33.7. The van der Waals surface area contributed by atoms with Gasteiger partial charge in [-0.15, -0.1) is 0 Å². The van der Waals surface area contributed by atoms with Gasteiger partial charge in [-0.05, 0) is 39.0 Å². The van der Waals surface area contributed by atoms with Crippen molar-refractivity contribution < 1.29 is 19.1 Å². The Morgan fingerprint density at radius 3 is 2.44 bits per heavy atom. The fourth-order valence-electron chi connectivity index (χ4n) is 1.03. The van der Waals surface area contributed by atoms with Crippen LogP contribution in [-0.4, -0.2) is 24.1 Å². The first kappa shape index (κ1) is 12.4. The second-order valence-electron chi connectivity index (χ2n) is 4.60. The number of allylic oxidation sites excluding steroid dienone is 3. The van der Waals surface area contributed by atoms with E-state index in [1.807, 2.05) is 0 Å². The van der Waals surface area contributed by atoms with E-state index in [1.54, 1.807) is 20.8 Å². The van der Waals surface area contributed by atoms with Crippen LogP contribution in [0.4, 0.5) is 0 Å². The number of rotatable bonds is 2. The highest BCUT2D eigenvalue weighted by Gasteiger charge is 2.24. The van der Waals surface area contributed by atoms with Gasteiger partial charge in [0, 0.05) is 5.57 Å². The van der Waals surface area contributed by atoms with Crippen molar-refractivity contribution in [3.63, 3.8) is 0 Å². The second-order valence-corrected chi connectivity index (χ2v) is 4.60. The zero-order valence-electron chi connectivity index (χ0n) is 9.57. The summed E-state index contributed by atoms with van der Waals surface area (Å²) in [5, 5.41) is 0. The minimum absolute atomic E-state index is 0.148. The largest absolute Gasteiger partial charge is 0.460 e. The van der Waals surface area contributed by atoms with Crippen molar-refractivity contribution >= 4 is 17.5 Å². The third-order valence-electron chi connectivity index (χ3n) is 2.00. The van der Waals surface area contributed by atoms with Gasteiger partial charge < -0.3 is 4.74 Å². The molecule has 0 aromatic rings. The van der Waals surface area contributed by atoms with E-state index in [-0.39, 0.29) is 23.7 Å². The Morgan fingerprint density at radius 1 is 1.25 bits per heavy atom. The minimum atomic E-state index is -0.613. The predicted molar refractivity (Wildman–Crippen MR) is 57.7 cm³/mol. The van der Waals surface area contributed by atoms with Crippen molar-refractivity contribution in [1.29, 1.82) is 0 Å². The predicted octanol–water partition coefficient (Wildman–Crippen LogP) is 1.21. The molecular weight excluding hydrogens is 208 g/mol. The zero-order valence-corrected chi connectivity index (χ0v) is 9.57. The standard InChI is InChI=1S/C12H14O4/c1-12(2,3)11(15)16-7-8-6-9(13)4-5-10(8)14/h4-6H,7H2,1-3H3. The van der Waals surface area contributed by atoms with E-state index in [4.69, 9.17) is 4.74 Å². The van der Waals surface area contributed by atoms with E-state index in [1.165, 1.54) is 18.2 Å². The van der Waals surface area contributed by atoms with Crippen LogP contribution in [-0.2, 0) is 19.1 Å². The topological polar surface area (TPSA) is 60.4 Å². The minimum Gasteiger partial charge on any atom is -0.460 e. The van der Waals surface area contributed by atoms with Gasteiger partial charge in [0.15, 0.2) is 11.6 Å². The smallest absolute Gasteiger partial charge is 0.311 e. The molecule has 0 spiro atoms. The van der Waals surface area contributed by atoms with Gasteiger partial charge in [-0.25, -0.2) is 0 Å². The molecule has 0 aliphatic heterocycles. The molecule has 0 atom stereocenters. The molecule has 0 saturated heterocycles. The summed E-state index contributed by atoms with van der Waals surface area (Å²) in [5.41, 5.74) is -0.400. The van der Waals surface area contributed by atoms with Crippen molar-refractivity contribution in [2.45, 2.75) is 20.8 Å². The number of hydrogen-bond acceptors (Lipinski definition) is 4. The van der Waals surface area contributed by atoms with Crippen LogP contribution >= 0.6 is 0 Å². The number of carbonyl (C=O) groups excluding carboxylic acids is 3. The highest BCUT2D eigenvalue weighted by Crippen LogP contribution is 2.16. The maximum absolute atomic E-state index is 11.4. The molecule has 0 aromatic heterocycles. The maximum atomic E-state index is 11.4. The molecule has 0 N–H and O–H groups in total. The third-order valence-corrected chi connectivity index (χ3v) is 2.00. The number of carbonyl (C=O) groups is 3. The van der Waals surface area contributed by atoms with Crippen molar-refractivity contribution in [2.24, 2.45) is 5.41 Å². The van der Waals surface area contributed by atoms with Crippen molar-refractivity contribution in [3.8, 4) is 0 Å². The van der Waals surface area contributed by atoms with Crippen LogP contribution in [0, 0.1) is 5.41 Å². The molecule has 86 valence electrons. The first-order valence-corrected chi connectivity index (χ1v) is 4.95. The van der Waals surface area contributed by atoms with Gasteiger partial charge in [-0.2, -0.15) is 0 Å². The average Bonchev–Trinajstić information content (AvgIpc) is 2.17. The third kappa shape index (κ3) is 3.15. The summed E-state index contributed by atoms with van der Waals surface area (Å²) in [6.45, 7) is 5.01. The molecule has 0 fully saturated rings. The monoisotopic (exact) mass is 222 g/mol. The molecule has 1 rings (SSSR count). The lowest BCUT2D eigenvalue weighted by Gasteiger charge is -2.17. The first-order valence-electron chi connectivity index (χ1n) is 4.95. The lowest BCUT2D eigenvalue weighted by molar-refractivity contribution is -0.152.